The van der Waals surface area contributed by atoms with Gasteiger partial charge in [-0.2, -0.15) is 0 Å². The van der Waals surface area contributed by atoms with Gasteiger partial charge < -0.3 is 14.9 Å². The molecule has 30 heavy (non-hydrogen) atoms. The van der Waals surface area contributed by atoms with E-state index in [1.165, 1.54) is 18.2 Å². The van der Waals surface area contributed by atoms with Gasteiger partial charge in [-0.15, -0.1) is 0 Å². The maximum Gasteiger partial charge on any atom is 0.306 e. The van der Waals surface area contributed by atoms with Gasteiger partial charge >= 0.3 is 5.97 Å². The van der Waals surface area contributed by atoms with Crippen LogP contribution in [-0.4, -0.2) is 16.2 Å². The Balaban J connectivity index is 1.53. The average molecular weight is 406 g/mol. The second-order valence-corrected chi connectivity index (χ2v) is 7.81. The molecule has 3 aromatic carbocycles. The van der Waals surface area contributed by atoms with Crippen molar-refractivity contribution in [1.29, 1.82) is 0 Å². The molecule has 0 radical (unpaired) electrons. The lowest BCUT2D eigenvalue weighted by Gasteiger charge is -2.16. The van der Waals surface area contributed by atoms with E-state index in [1.807, 2.05) is 42.5 Å². The molecule has 0 aliphatic heterocycles. The summed E-state index contributed by atoms with van der Waals surface area (Å²) in [5.74, 6) is -0.893. The van der Waals surface area contributed by atoms with Gasteiger partial charge in [0.2, 0.25) is 0 Å². The van der Waals surface area contributed by atoms with Gasteiger partial charge in [0.15, 0.2) is 0 Å². The number of carbonyl (C=O) groups is 1. The number of carboxylic acid groups (broad SMARTS) is 1. The van der Waals surface area contributed by atoms with Crippen LogP contribution in [0.15, 0.2) is 60.7 Å². The molecule has 0 heterocycles. The SMILES string of the molecule is C[C@@H](Cc1cccc(O[C@@H]2CCc3cc(-c4cc(O)ccc4F)ccc32)c1)C(=O)O. The van der Waals surface area contributed by atoms with Crippen LogP contribution in [0.1, 0.15) is 36.1 Å². The molecule has 1 aliphatic carbocycles. The van der Waals surface area contributed by atoms with Gasteiger partial charge in [-0.3, -0.25) is 4.79 Å². The smallest absolute Gasteiger partial charge is 0.306 e. The van der Waals surface area contributed by atoms with Gasteiger partial charge in [0.25, 0.3) is 0 Å². The Morgan fingerprint density at radius 1 is 1.17 bits per heavy atom. The van der Waals surface area contributed by atoms with E-state index in [9.17, 15) is 14.3 Å². The Bertz CT molecular complexity index is 1090. The Hall–Kier alpha value is -3.34. The average Bonchev–Trinajstić information content (AvgIpc) is 3.12. The molecule has 154 valence electrons. The Morgan fingerprint density at radius 2 is 2.00 bits per heavy atom. The summed E-state index contributed by atoms with van der Waals surface area (Å²) in [6.45, 7) is 1.69. The molecule has 0 bridgehead atoms. The molecule has 4 nitrogen and oxygen atoms in total. The minimum atomic E-state index is -0.815. The summed E-state index contributed by atoms with van der Waals surface area (Å²) in [4.78, 5) is 11.1. The molecule has 0 saturated heterocycles. The number of aryl methyl sites for hydroxylation is 1. The van der Waals surface area contributed by atoms with Gasteiger partial charge in [0.05, 0.1) is 5.92 Å². The Labute approximate surface area is 174 Å². The summed E-state index contributed by atoms with van der Waals surface area (Å²) in [5.41, 5.74) is 4.21. The number of fused-ring (bicyclic) bond motifs is 1. The van der Waals surface area contributed by atoms with Crippen LogP contribution in [0, 0.1) is 11.7 Å². The molecular formula is C25H23FO4. The number of ether oxygens (including phenoxy) is 1. The molecule has 1 aliphatic rings. The molecule has 0 saturated carbocycles. The minimum absolute atomic E-state index is 0.0326. The van der Waals surface area contributed by atoms with E-state index >= 15 is 0 Å². The fourth-order valence-corrected chi connectivity index (χ4v) is 3.95. The number of carboxylic acids is 1. The molecule has 0 amide bonds. The van der Waals surface area contributed by atoms with Crippen molar-refractivity contribution in [2.45, 2.75) is 32.3 Å². The lowest BCUT2D eigenvalue weighted by Crippen LogP contribution is -2.12. The summed E-state index contributed by atoms with van der Waals surface area (Å²) in [5, 5.41) is 18.8. The number of hydrogen-bond donors (Lipinski definition) is 2. The van der Waals surface area contributed by atoms with Crippen molar-refractivity contribution in [2.24, 2.45) is 5.92 Å². The van der Waals surface area contributed by atoms with Crippen molar-refractivity contribution in [3.05, 3.63) is 83.2 Å². The number of halogens is 1. The van der Waals surface area contributed by atoms with E-state index in [0.717, 1.165) is 35.1 Å². The van der Waals surface area contributed by atoms with Crippen LogP contribution in [0.3, 0.4) is 0 Å². The molecule has 4 rings (SSSR count). The number of hydrogen-bond acceptors (Lipinski definition) is 3. The highest BCUT2D eigenvalue weighted by Crippen LogP contribution is 2.38. The molecule has 2 N–H and O–H groups in total. The van der Waals surface area contributed by atoms with Gasteiger partial charge in [0, 0.05) is 5.56 Å². The lowest BCUT2D eigenvalue weighted by atomic mass is 9.99. The number of aliphatic carboxylic acids is 1. The van der Waals surface area contributed by atoms with Gasteiger partial charge in [0.1, 0.15) is 23.4 Å². The maximum atomic E-state index is 14.2. The topological polar surface area (TPSA) is 66.8 Å². The summed E-state index contributed by atoms with van der Waals surface area (Å²) in [7, 11) is 0. The van der Waals surface area contributed by atoms with Crippen LogP contribution in [0.2, 0.25) is 0 Å². The van der Waals surface area contributed by atoms with Gasteiger partial charge in [-0.05, 0) is 71.8 Å². The molecule has 5 heteroatoms. The number of aromatic hydroxyl groups is 1. The van der Waals surface area contributed by atoms with E-state index in [2.05, 4.69) is 0 Å². The molecule has 2 atom stereocenters. The molecular weight excluding hydrogens is 383 g/mol. The number of phenolic OH excluding ortho intramolecular Hbond substituents is 1. The number of rotatable bonds is 6. The van der Waals surface area contributed by atoms with Gasteiger partial charge in [-0.1, -0.05) is 37.3 Å². The molecule has 0 spiro atoms. The summed E-state index contributed by atoms with van der Waals surface area (Å²) < 4.78 is 20.4. The summed E-state index contributed by atoms with van der Waals surface area (Å²) in [6, 6.07) is 17.4. The van der Waals surface area contributed by atoms with Crippen LogP contribution in [-0.2, 0) is 17.6 Å². The van der Waals surface area contributed by atoms with Crippen LogP contribution in [0.5, 0.6) is 11.5 Å². The van der Waals surface area contributed by atoms with E-state index in [4.69, 9.17) is 9.84 Å². The van der Waals surface area contributed by atoms with Crippen molar-refractivity contribution in [2.75, 3.05) is 0 Å². The monoisotopic (exact) mass is 406 g/mol. The quantitative estimate of drug-likeness (QED) is 0.565. The maximum absolute atomic E-state index is 14.2. The first kappa shape index (κ1) is 20.0. The number of phenols is 1. The van der Waals surface area contributed by atoms with Crippen molar-refractivity contribution >= 4 is 5.97 Å². The van der Waals surface area contributed by atoms with Crippen LogP contribution in [0.4, 0.5) is 4.39 Å². The lowest BCUT2D eigenvalue weighted by molar-refractivity contribution is -0.141. The van der Waals surface area contributed by atoms with Crippen molar-refractivity contribution in [1.82, 2.24) is 0 Å². The third kappa shape index (κ3) is 4.15. The fourth-order valence-electron chi connectivity index (χ4n) is 3.95. The summed E-state index contributed by atoms with van der Waals surface area (Å²) in [6.07, 6.45) is 1.99. The zero-order valence-corrected chi connectivity index (χ0v) is 16.6. The standard InChI is InChI=1S/C25H23FO4/c1-15(25(28)29)11-16-3-2-4-20(12-16)30-24-10-6-17-13-18(5-8-21(17)24)22-14-19(27)7-9-23(22)26/h2-5,7-9,12-15,24,27H,6,10-11H2,1H3,(H,28,29)/t15-,24+/m0/s1. The Kier molecular flexibility index (Phi) is 5.44. The molecule has 0 aromatic heterocycles. The van der Waals surface area contributed by atoms with E-state index < -0.39 is 11.9 Å². The predicted octanol–water partition coefficient (Wildman–Crippen LogP) is 5.53. The second-order valence-electron chi connectivity index (χ2n) is 7.81. The fraction of sp³-hybridized carbons (Fsp3) is 0.240. The normalized spacial score (nSPS) is 16.1. The first-order valence-electron chi connectivity index (χ1n) is 10.0. The zero-order chi connectivity index (χ0) is 21.3. The van der Waals surface area contributed by atoms with Crippen molar-refractivity contribution in [3.63, 3.8) is 0 Å². The molecule has 0 fully saturated rings. The van der Waals surface area contributed by atoms with E-state index in [-0.39, 0.29) is 17.7 Å². The molecule has 0 unspecified atom stereocenters. The minimum Gasteiger partial charge on any atom is -0.508 e. The van der Waals surface area contributed by atoms with Crippen molar-refractivity contribution < 1.29 is 24.1 Å². The Morgan fingerprint density at radius 3 is 2.80 bits per heavy atom. The van der Waals surface area contributed by atoms with Gasteiger partial charge in [-0.25, -0.2) is 4.39 Å². The predicted molar refractivity (Wildman–Crippen MR) is 112 cm³/mol. The third-order valence-electron chi connectivity index (χ3n) is 5.57. The van der Waals surface area contributed by atoms with E-state index in [0.29, 0.717) is 17.7 Å². The third-order valence-corrected chi connectivity index (χ3v) is 5.57. The summed E-state index contributed by atoms with van der Waals surface area (Å²) >= 11 is 0. The first-order chi connectivity index (χ1) is 14.4. The number of benzene rings is 3. The highest BCUT2D eigenvalue weighted by Gasteiger charge is 2.25. The largest absolute Gasteiger partial charge is 0.508 e. The first-order valence-corrected chi connectivity index (χ1v) is 10.0. The van der Waals surface area contributed by atoms with E-state index in [1.54, 1.807) is 6.92 Å². The highest BCUT2D eigenvalue weighted by atomic mass is 19.1. The second kappa shape index (κ2) is 8.19. The van der Waals surface area contributed by atoms with Crippen LogP contribution in [0.25, 0.3) is 11.1 Å². The van der Waals surface area contributed by atoms with Crippen LogP contribution >= 0.6 is 0 Å². The van der Waals surface area contributed by atoms with Crippen LogP contribution < -0.4 is 4.74 Å². The molecule has 3 aromatic rings. The zero-order valence-electron chi connectivity index (χ0n) is 16.6. The highest BCUT2D eigenvalue weighted by molar-refractivity contribution is 5.70. The van der Waals surface area contributed by atoms with Crippen molar-refractivity contribution in [3.8, 4) is 22.6 Å².